The Morgan fingerprint density at radius 3 is 3.23 bits per heavy atom. The Labute approximate surface area is 76.5 Å². The summed E-state index contributed by atoms with van der Waals surface area (Å²) < 4.78 is 0. The molecule has 0 saturated heterocycles. The van der Waals surface area contributed by atoms with E-state index >= 15 is 0 Å². The normalized spacial score (nSPS) is 21.1. The van der Waals surface area contributed by atoms with E-state index in [2.05, 4.69) is 5.32 Å². The van der Waals surface area contributed by atoms with Crippen LogP contribution >= 0.6 is 0 Å². The van der Waals surface area contributed by atoms with Gasteiger partial charge >= 0.3 is 6.09 Å². The lowest BCUT2D eigenvalue weighted by molar-refractivity contribution is 0.147. The van der Waals surface area contributed by atoms with Crippen LogP contribution in [0.1, 0.15) is 6.42 Å². The van der Waals surface area contributed by atoms with Gasteiger partial charge in [0.1, 0.15) is 0 Å². The van der Waals surface area contributed by atoms with Crippen LogP contribution in [0.15, 0.2) is 23.4 Å². The minimum absolute atomic E-state index is 0.522. The maximum absolute atomic E-state index is 10.7. The third-order valence-corrected chi connectivity index (χ3v) is 2.40. The molecule has 1 amide bonds. The van der Waals surface area contributed by atoms with Gasteiger partial charge in [-0.25, -0.2) is 4.79 Å². The lowest BCUT2D eigenvalue weighted by Gasteiger charge is -2.29. The van der Waals surface area contributed by atoms with Crippen molar-refractivity contribution in [1.82, 2.24) is 10.2 Å². The van der Waals surface area contributed by atoms with Crippen molar-refractivity contribution in [3.63, 3.8) is 0 Å². The average Bonchev–Trinajstić information content (AvgIpc) is 2.17. The predicted molar refractivity (Wildman–Crippen MR) is 48.4 cm³/mol. The molecular formula is C9H12N2O2. The van der Waals surface area contributed by atoms with Crippen LogP contribution in [-0.2, 0) is 0 Å². The Hall–Kier alpha value is -1.45. The second-order valence-electron chi connectivity index (χ2n) is 3.24. The summed E-state index contributed by atoms with van der Waals surface area (Å²) in [6, 6.07) is 0. The molecular weight excluding hydrogens is 168 g/mol. The molecule has 0 bridgehead atoms. The number of hydrogen-bond acceptors (Lipinski definition) is 2. The van der Waals surface area contributed by atoms with E-state index in [1.54, 1.807) is 0 Å². The molecule has 0 fully saturated rings. The lowest BCUT2D eigenvalue weighted by Crippen LogP contribution is -2.39. The first-order valence-electron chi connectivity index (χ1n) is 4.37. The molecule has 0 aromatic rings. The minimum atomic E-state index is -0.828. The van der Waals surface area contributed by atoms with Gasteiger partial charge in [0.2, 0.25) is 0 Å². The van der Waals surface area contributed by atoms with E-state index < -0.39 is 6.09 Å². The zero-order valence-electron chi connectivity index (χ0n) is 7.29. The van der Waals surface area contributed by atoms with Crippen LogP contribution < -0.4 is 5.32 Å². The summed E-state index contributed by atoms with van der Waals surface area (Å²) in [5, 5.41) is 12.0. The Bertz CT molecular complexity index is 294. The first kappa shape index (κ1) is 8.16. The largest absolute Gasteiger partial charge is 0.465 e. The summed E-state index contributed by atoms with van der Waals surface area (Å²) >= 11 is 0. The van der Waals surface area contributed by atoms with Crippen LogP contribution in [0.25, 0.3) is 0 Å². The summed E-state index contributed by atoms with van der Waals surface area (Å²) in [4.78, 5) is 12.1. The predicted octanol–water partition coefficient (Wildman–Crippen LogP) is 0.784. The van der Waals surface area contributed by atoms with E-state index in [1.807, 2.05) is 12.2 Å². The fraction of sp³-hybridized carbons (Fsp3) is 0.444. The molecule has 0 aromatic carbocycles. The molecule has 2 heterocycles. The van der Waals surface area contributed by atoms with Crippen molar-refractivity contribution in [2.75, 3.05) is 19.6 Å². The Balaban J connectivity index is 2.14. The van der Waals surface area contributed by atoms with Crippen molar-refractivity contribution in [3.05, 3.63) is 23.4 Å². The fourth-order valence-corrected chi connectivity index (χ4v) is 1.69. The smallest absolute Gasteiger partial charge is 0.407 e. The summed E-state index contributed by atoms with van der Waals surface area (Å²) in [5.41, 5.74) is 2.32. The van der Waals surface area contributed by atoms with Crippen LogP contribution in [0.2, 0.25) is 0 Å². The molecule has 0 spiro atoms. The zero-order chi connectivity index (χ0) is 9.26. The molecule has 2 N–H and O–H groups in total. The van der Waals surface area contributed by atoms with Crippen molar-refractivity contribution >= 4 is 6.09 Å². The molecule has 0 aliphatic carbocycles. The highest BCUT2D eigenvalue weighted by Crippen LogP contribution is 2.18. The highest BCUT2D eigenvalue weighted by molar-refractivity contribution is 5.66. The molecule has 0 unspecified atom stereocenters. The molecule has 2 aliphatic rings. The topological polar surface area (TPSA) is 52.6 Å². The SMILES string of the molecule is O=C(O)N1CCC2=C(C=CCN2)C1. The van der Waals surface area contributed by atoms with Gasteiger partial charge in [0, 0.05) is 25.2 Å². The van der Waals surface area contributed by atoms with E-state index in [0.29, 0.717) is 13.1 Å². The van der Waals surface area contributed by atoms with E-state index in [4.69, 9.17) is 5.11 Å². The minimum Gasteiger partial charge on any atom is -0.465 e. The summed E-state index contributed by atoms with van der Waals surface area (Å²) in [6.07, 6.45) is 4.02. The zero-order valence-corrected chi connectivity index (χ0v) is 7.29. The molecule has 2 rings (SSSR count). The van der Waals surface area contributed by atoms with Crippen LogP contribution in [0, 0.1) is 0 Å². The van der Waals surface area contributed by atoms with Gasteiger partial charge in [-0.15, -0.1) is 0 Å². The summed E-state index contributed by atoms with van der Waals surface area (Å²) in [6.45, 7) is 2.00. The van der Waals surface area contributed by atoms with Crippen molar-refractivity contribution in [2.24, 2.45) is 0 Å². The Morgan fingerprint density at radius 1 is 1.62 bits per heavy atom. The van der Waals surface area contributed by atoms with Gasteiger partial charge in [-0.2, -0.15) is 0 Å². The van der Waals surface area contributed by atoms with Crippen LogP contribution in [0.3, 0.4) is 0 Å². The van der Waals surface area contributed by atoms with Gasteiger partial charge in [0.05, 0.1) is 6.54 Å². The van der Waals surface area contributed by atoms with E-state index in [-0.39, 0.29) is 0 Å². The van der Waals surface area contributed by atoms with E-state index in [9.17, 15) is 4.79 Å². The number of carboxylic acid groups (broad SMARTS) is 1. The number of amides is 1. The van der Waals surface area contributed by atoms with Crippen molar-refractivity contribution < 1.29 is 9.90 Å². The first-order chi connectivity index (χ1) is 6.27. The van der Waals surface area contributed by atoms with Crippen molar-refractivity contribution in [3.8, 4) is 0 Å². The molecule has 0 radical (unpaired) electrons. The quantitative estimate of drug-likeness (QED) is 0.579. The molecule has 0 aromatic heterocycles. The van der Waals surface area contributed by atoms with Crippen LogP contribution in [0.4, 0.5) is 4.79 Å². The van der Waals surface area contributed by atoms with Crippen molar-refractivity contribution in [2.45, 2.75) is 6.42 Å². The van der Waals surface area contributed by atoms with Gasteiger partial charge in [-0.1, -0.05) is 12.2 Å². The molecule has 4 nitrogen and oxygen atoms in total. The molecule has 13 heavy (non-hydrogen) atoms. The van der Waals surface area contributed by atoms with Gasteiger partial charge in [0.25, 0.3) is 0 Å². The van der Waals surface area contributed by atoms with Gasteiger partial charge < -0.3 is 15.3 Å². The van der Waals surface area contributed by atoms with E-state index in [1.165, 1.54) is 10.6 Å². The molecule has 70 valence electrons. The number of rotatable bonds is 0. The average molecular weight is 180 g/mol. The van der Waals surface area contributed by atoms with Gasteiger partial charge in [0.15, 0.2) is 0 Å². The lowest BCUT2D eigenvalue weighted by atomic mass is 10.0. The van der Waals surface area contributed by atoms with Crippen LogP contribution in [-0.4, -0.2) is 35.7 Å². The van der Waals surface area contributed by atoms with Crippen molar-refractivity contribution in [1.29, 1.82) is 0 Å². The second kappa shape index (κ2) is 3.12. The number of hydrogen-bond donors (Lipinski definition) is 2. The molecule has 2 aliphatic heterocycles. The number of nitrogens with one attached hydrogen (secondary N) is 1. The standard InChI is InChI=1S/C9H12N2O2/c12-9(13)11-5-3-8-7(6-11)2-1-4-10-8/h1-2,10H,3-6H2,(H,12,13). The number of dihydropyridines is 1. The highest BCUT2D eigenvalue weighted by atomic mass is 16.4. The summed E-state index contributed by atoms with van der Waals surface area (Å²) in [5.74, 6) is 0. The monoisotopic (exact) mass is 180 g/mol. The first-order valence-corrected chi connectivity index (χ1v) is 4.37. The number of carbonyl (C=O) groups is 1. The third kappa shape index (κ3) is 1.52. The van der Waals surface area contributed by atoms with Gasteiger partial charge in [-0.05, 0) is 5.57 Å². The highest BCUT2D eigenvalue weighted by Gasteiger charge is 2.21. The molecule has 0 saturated carbocycles. The fourth-order valence-electron chi connectivity index (χ4n) is 1.69. The van der Waals surface area contributed by atoms with Gasteiger partial charge in [-0.3, -0.25) is 0 Å². The molecule has 4 heteroatoms. The van der Waals surface area contributed by atoms with E-state index in [0.717, 1.165) is 18.5 Å². The van der Waals surface area contributed by atoms with Crippen LogP contribution in [0.5, 0.6) is 0 Å². The Kier molecular flexibility index (Phi) is 1.96. The maximum atomic E-state index is 10.7. The number of nitrogens with zero attached hydrogens (tertiary/aromatic N) is 1. The second-order valence-corrected chi connectivity index (χ2v) is 3.24. The molecule has 0 atom stereocenters. The maximum Gasteiger partial charge on any atom is 0.407 e. The summed E-state index contributed by atoms with van der Waals surface area (Å²) in [7, 11) is 0. The Morgan fingerprint density at radius 2 is 2.46 bits per heavy atom. The third-order valence-electron chi connectivity index (χ3n) is 2.40.